The van der Waals surface area contributed by atoms with Crippen molar-refractivity contribution in [2.45, 2.75) is 28.4 Å². The molecule has 7 heteroatoms. The van der Waals surface area contributed by atoms with Crippen LogP contribution in [0.3, 0.4) is 0 Å². The summed E-state index contributed by atoms with van der Waals surface area (Å²) in [5.41, 5.74) is 2.73. The molecule has 0 radical (unpaired) electrons. The van der Waals surface area contributed by atoms with E-state index in [1.807, 2.05) is 13.6 Å². The fraction of sp³-hybridized carbons (Fsp3) is 0.444. The van der Waals surface area contributed by atoms with Crippen LogP contribution < -0.4 is 4.74 Å². The van der Waals surface area contributed by atoms with E-state index in [9.17, 15) is 9.90 Å². The van der Waals surface area contributed by atoms with E-state index in [2.05, 4.69) is 12.7 Å². The van der Waals surface area contributed by atoms with Crippen LogP contribution >= 0.6 is 8.58 Å². The zero-order valence-electron chi connectivity index (χ0n) is 14.1. The summed E-state index contributed by atoms with van der Waals surface area (Å²) in [5, 5.41) is 10.3. The van der Waals surface area contributed by atoms with Gasteiger partial charge < -0.3 is 25.8 Å². The van der Waals surface area contributed by atoms with Crippen LogP contribution in [0.15, 0.2) is 6.07 Å². The SMILES string of the molecule is C.C.COC(=O)c1cc2c(C)c(CO)c(OC)[c-]c2n1C.[CH2-]PC.[U+2]. The summed E-state index contributed by atoms with van der Waals surface area (Å²) in [6, 6.07) is 4.82. The number of rotatable bonds is 3. The van der Waals surface area contributed by atoms with Crippen LogP contribution in [-0.2, 0) is 18.4 Å². The van der Waals surface area contributed by atoms with Crippen molar-refractivity contribution in [1.82, 2.24) is 4.57 Å². The number of nitrogens with zero attached hydrogens (tertiary/aromatic N) is 1. The number of fused-ring (bicyclic) bond motifs is 1. The van der Waals surface area contributed by atoms with Gasteiger partial charge in [0.25, 0.3) is 0 Å². The van der Waals surface area contributed by atoms with Crippen LogP contribution in [0.25, 0.3) is 10.9 Å². The summed E-state index contributed by atoms with van der Waals surface area (Å²) in [5.74, 6) is 0.0844. The summed E-state index contributed by atoms with van der Waals surface area (Å²) in [4.78, 5) is 11.7. The average molecular weight is 593 g/mol. The molecule has 1 N–H and O–H groups in total. The first-order valence-corrected chi connectivity index (χ1v) is 8.38. The van der Waals surface area contributed by atoms with Crippen molar-refractivity contribution in [3.8, 4) is 5.75 Å². The van der Waals surface area contributed by atoms with Gasteiger partial charge in [-0.3, -0.25) is 8.58 Å². The summed E-state index contributed by atoms with van der Waals surface area (Å²) in [6.45, 7) is 7.30. The third-order valence-corrected chi connectivity index (χ3v) is 3.35. The summed E-state index contributed by atoms with van der Waals surface area (Å²) in [6.07, 6.45) is 0. The maximum Gasteiger partial charge on any atom is 2.00 e. The molecule has 1 atom stereocenters. The second kappa shape index (κ2) is 13.6. The van der Waals surface area contributed by atoms with Gasteiger partial charge in [0, 0.05) is 19.4 Å². The van der Waals surface area contributed by atoms with E-state index >= 15 is 0 Å². The molecule has 0 bridgehead atoms. The van der Waals surface area contributed by atoms with Gasteiger partial charge in [-0.2, -0.15) is 0 Å². The smallest absolute Gasteiger partial charge is 0.522 e. The van der Waals surface area contributed by atoms with Crippen molar-refractivity contribution in [1.29, 1.82) is 0 Å². The van der Waals surface area contributed by atoms with Gasteiger partial charge in [0.05, 0.1) is 14.2 Å². The molecule has 0 aliphatic carbocycles. The number of benzene rings is 1. The van der Waals surface area contributed by atoms with Gasteiger partial charge in [0.2, 0.25) is 0 Å². The number of aromatic nitrogens is 1. The van der Waals surface area contributed by atoms with Crippen LogP contribution in [0.5, 0.6) is 5.75 Å². The molecule has 0 saturated heterocycles. The first-order valence-electron chi connectivity index (χ1n) is 6.67. The molecule has 0 aliphatic rings. The van der Waals surface area contributed by atoms with E-state index in [4.69, 9.17) is 9.47 Å². The Balaban J connectivity index is -0.000000753. The number of aliphatic hydroxyl groups is 1. The molecular weight excluding hydrogens is 563 g/mol. The van der Waals surface area contributed by atoms with Crippen molar-refractivity contribution < 1.29 is 50.5 Å². The monoisotopic (exact) mass is 593 g/mol. The number of esters is 1. The Morgan fingerprint density at radius 3 is 2.32 bits per heavy atom. The molecule has 0 amide bonds. The van der Waals surface area contributed by atoms with Crippen molar-refractivity contribution in [3.63, 3.8) is 0 Å². The standard InChI is InChI=1S/C14H16NO4.C2H6P.2CH4.U/c1-8-9-5-12(14(17)19-4)15(2)11(9)6-13(18-3)10(8)7-16;1-3-2;;;/h5,16H,7H2,1-4H3;3H,1H2,2H3;2*1H4;/q2*-1;;;+2. The van der Waals surface area contributed by atoms with Crippen LogP contribution in [0.4, 0.5) is 0 Å². The van der Waals surface area contributed by atoms with Crippen molar-refractivity contribution in [2.24, 2.45) is 7.05 Å². The molecule has 25 heavy (non-hydrogen) atoms. The molecular formula is C18H30NO4PU. The number of carbonyl (C=O) groups is 1. The fourth-order valence-electron chi connectivity index (χ4n) is 2.22. The molecule has 1 unspecified atom stereocenters. The maximum atomic E-state index is 11.7. The van der Waals surface area contributed by atoms with Gasteiger partial charge in [-0.1, -0.05) is 45.6 Å². The first-order chi connectivity index (χ1) is 10.5. The van der Waals surface area contributed by atoms with Crippen LogP contribution in [0.2, 0.25) is 0 Å². The van der Waals surface area contributed by atoms with Crippen molar-refractivity contribution >= 4 is 25.5 Å². The van der Waals surface area contributed by atoms with E-state index in [0.717, 1.165) is 25.0 Å². The summed E-state index contributed by atoms with van der Waals surface area (Å²) >= 11 is 0. The Labute approximate surface area is 177 Å². The Bertz CT molecular complexity index is 671. The molecule has 1 aromatic carbocycles. The third-order valence-electron chi connectivity index (χ3n) is 3.35. The Kier molecular flexibility index (Phi) is 16.0. The number of methoxy groups -OCH3 is 2. The molecule has 0 spiro atoms. The number of carbonyl (C=O) groups excluding carboxylic acids is 1. The summed E-state index contributed by atoms with van der Waals surface area (Å²) in [7, 11) is 5.47. The Morgan fingerprint density at radius 1 is 1.40 bits per heavy atom. The molecule has 0 saturated carbocycles. The zero-order valence-corrected chi connectivity index (χ0v) is 19.3. The molecule has 0 aliphatic heterocycles. The van der Waals surface area contributed by atoms with Gasteiger partial charge in [0.1, 0.15) is 5.69 Å². The number of hydrogen-bond donors (Lipinski definition) is 1. The zero-order chi connectivity index (χ0) is 16.9. The average Bonchev–Trinajstić information content (AvgIpc) is 2.84. The van der Waals surface area contributed by atoms with Crippen molar-refractivity contribution in [3.05, 3.63) is 35.6 Å². The van der Waals surface area contributed by atoms with E-state index in [-0.39, 0.29) is 52.6 Å². The molecule has 5 nitrogen and oxygen atoms in total. The van der Waals surface area contributed by atoms with Crippen LogP contribution in [0.1, 0.15) is 36.5 Å². The second-order valence-corrected chi connectivity index (χ2v) is 5.32. The second-order valence-electron chi connectivity index (χ2n) is 4.62. The van der Waals surface area contributed by atoms with E-state index in [1.165, 1.54) is 14.2 Å². The molecule has 2 aromatic rings. The Morgan fingerprint density at radius 2 is 1.92 bits per heavy atom. The quantitative estimate of drug-likeness (QED) is 0.333. The van der Waals surface area contributed by atoms with Crippen LogP contribution in [0, 0.1) is 50.8 Å². The molecule has 1 heterocycles. The largest absolute Gasteiger partial charge is 2.00 e. The third kappa shape index (κ3) is 6.29. The predicted molar refractivity (Wildman–Crippen MR) is 103 cm³/mol. The number of aliphatic hydroxyl groups excluding tert-OH is 1. The van der Waals surface area contributed by atoms with Crippen LogP contribution in [-0.4, -0.2) is 36.5 Å². The molecule has 2 rings (SSSR count). The molecule has 140 valence electrons. The topological polar surface area (TPSA) is 60.7 Å². The fourth-order valence-corrected chi connectivity index (χ4v) is 2.22. The van der Waals surface area contributed by atoms with Gasteiger partial charge in [0.15, 0.2) is 0 Å². The minimum atomic E-state index is -0.406. The van der Waals surface area contributed by atoms with Gasteiger partial charge in [-0.25, -0.2) is 4.79 Å². The Hall–Kier alpha value is -0.528. The van der Waals surface area contributed by atoms with Gasteiger partial charge >= 0.3 is 37.1 Å². The van der Waals surface area contributed by atoms with E-state index in [1.54, 1.807) is 17.7 Å². The minimum Gasteiger partial charge on any atom is -0.522 e. The summed E-state index contributed by atoms with van der Waals surface area (Å²) < 4.78 is 11.7. The van der Waals surface area contributed by atoms with Crippen molar-refractivity contribution in [2.75, 3.05) is 20.9 Å². The minimum absolute atomic E-state index is 0. The van der Waals surface area contributed by atoms with E-state index < -0.39 is 5.97 Å². The molecule has 1 aromatic heterocycles. The number of aryl methyl sites for hydroxylation is 2. The van der Waals surface area contributed by atoms with Gasteiger partial charge in [-0.05, 0) is 0 Å². The van der Waals surface area contributed by atoms with E-state index in [0.29, 0.717) is 17.0 Å². The maximum absolute atomic E-state index is 11.7. The normalized spacial score (nSPS) is 9.40. The van der Waals surface area contributed by atoms with Gasteiger partial charge in [-0.15, -0.1) is 17.0 Å². The predicted octanol–water partition coefficient (Wildman–Crippen LogP) is 3.93. The number of ether oxygens (including phenoxy) is 2. The molecule has 0 fully saturated rings. The number of hydrogen-bond acceptors (Lipinski definition) is 4. The first kappa shape index (κ1) is 29.2.